The summed E-state index contributed by atoms with van der Waals surface area (Å²) in [6.07, 6.45) is 7.44. The fourth-order valence-electron chi connectivity index (χ4n) is 3.55. The Hall–Kier alpha value is -3.99. The van der Waals surface area contributed by atoms with Gasteiger partial charge in [0, 0.05) is 59.2 Å². The quantitative estimate of drug-likeness (QED) is 0.420. The summed E-state index contributed by atoms with van der Waals surface area (Å²) in [6, 6.07) is 8.44. The molecule has 4 rings (SSSR count). The molecule has 0 bridgehead atoms. The number of pyridine rings is 2. The van der Waals surface area contributed by atoms with E-state index in [4.69, 9.17) is 8.85 Å². The Balaban J connectivity index is 1.73. The molecule has 188 valence electrons. The first kappa shape index (κ1) is 21.3. The Morgan fingerprint density at radius 2 is 1.92 bits per heavy atom. The van der Waals surface area contributed by atoms with Crippen LogP contribution in [-0.4, -0.2) is 53.4 Å². The van der Waals surface area contributed by atoms with E-state index < -0.39 is 22.6 Å². The van der Waals surface area contributed by atoms with Crippen molar-refractivity contribution in [3.05, 3.63) is 54.5 Å². The normalized spacial score (nSPS) is 15.9. The molecule has 0 aliphatic heterocycles. The number of nitrogens with zero attached hydrogens (tertiary/aromatic N) is 3. The van der Waals surface area contributed by atoms with Crippen molar-refractivity contribution >= 4 is 38.7 Å². The second-order valence-corrected chi connectivity index (χ2v) is 10.7. The van der Waals surface area contributed by atoms with Crippen LogP contribution >= 0.6 is 0 Å². The molecule has 36 heavy (non-hydrogen) atoms. The fourth-order valence-corrected chi connectivity index (χ4v) is 4.40. The van der Waals surface area contributed by atoms with Gasteiger partial charge >= 0.3 is 0 Å². The monoisotopic (exact) mass is 511 g/mol. The largest absolute Gasteiger partial charge is 0.494 e. The lowest BCUT2D eigenvalue weighted by Gasteiger charge is -2.17. The Morgan fingerprint density at radius 3 is 2.56 bits per heavy atom. The minimum Gasteiger partial charge on any atom is -0.494 e. The Kier molecular flexibility index (Phi) is 6.11. The van der Waals surface area contributed by atoms with Crippen molar-refractivity contribution in [2.75, 3.05) is 38.0 Å². The first-order valence-electron chi connectivity index (χ1n) is 12.5. The summed E-state index contributed by atoms with van der Waals surface area (Å²) in [5.41, 5.74) is 1.82. The highest BCUT2D eigenvalue weighted by atomic mass is 32.2. The lowest BCUT2D eigenvalue weighted by atomic mass is 10.1. The fraction of sp³-hybridized carbons (Fsp3) is 0.280. The average Bonchev–Trinajstić information content (AvgIpc) is 3.73. The van der Waals surface area contributed by atoms with Crippen LogP contribution in [-0.2, 0) is 14.5 Å². The van der Waals surface area contributed by atoms with E-state index >= 15 is 0 Å². The van der Waals surface area contributed by atoms with E-state index in [1.54, 1.807) is 36.7 Å². The van der Waals surface area contributed by atoms with Crippen molar-refractivity contribution in [2.24, 2.45) is 10.3 Å². The van der Waals surface area contributed by atoms with Gasteiger partial charge in [0.2, 0.25) is 5.91 Å². The third-order valence-corrected chi connectivity index (χ3v) is 7.63. The summed E-state index contributed by atoms with van der Waals surface area (Å²) in [5, 5.41) is 7.76. The number of methoxy groups -OCH3 is 1. The number of nitrogens with one attached hydrogen (secondary N) is 3. The molecule has 1 atom stereocenters. The SMILES string of the molecule is [2H]C([2H])([2H])NC(=O)c1cnc(NC(=O)C2CC2)cc1Nc1cncc(-c2ccc(S(C)(=O)=NC)cc2)c1OC. The maximum Gasteiger partial charge on any atom is 0.254 e. The predicted molar refractivity (Wildman–Crippen MR) is 139 cm³/mol. The number of carbonyl (C=O) groups is 2. The van der Waals surface area contributed by atoms with Gasteiger partial charge in [-0.25, -0.2) is 13.6 Å². The van der Waals surface area contributed by atoms with E-state index in [-0.39, 0.29) is 28.9 Å². The van der Waals surface area contributed by atoms with Crippen molar-refractivity contribution in [1.29, 1.82) is 0 Å². The van der Waals surface area contributed by atoms with Crippen LogP contribution in [0.15, 0.2) is 58.2 Å². The molecule has 2 aromatic heterocycles. The second-order valence-electron chi connectivity index (χ2n) is 8.24. The summed E-state index contributed by atoms with van der Waals surface area (Å²) in [7, 11) is 0.482. The molecule has 3 aromatic rings. The highest BCUT2D eigenvalue weighted by molar-refractivity contribution is 7.93. The van der Waals surface area contributed by atoms with Crippen molar-refractivity contribution in [1.82, 2.24) is 15.3 Å². The average molecular weight is 512 g/mol. The van der Waals surface area contributed by atoms with E-state index in [9.17, 15) is 13.8 Å². The molecular formula is C25H28N6O4S. The molecule has 3 N–H and O–H groups in total. The van der Waals surface area contributed by atoms with E-state index in [0.29, 0.717) is 21.9 Å². The third-order valence-electron chi connectivity index (χ3n) is 5.78. The van der Waals surface area contributed by atoms with Crippen molar-refractivity contribution in [3.63, 3.8) is 0 Å². The van der Waals surface area contributed by atoms with Gasteiger partial charge in [0.1, 0.15) is 11.5 Å². The van der Waals surface area contributed by atoms with E-state index in [1.807, 2.05) is 5.32 Å². The standard InChI is InChI=1S/C25H28N6O4S/c1-26-25(33)19-13-29-22(31-24(32)16-5-6-16)11-20(19)30-21-14-28-12-18(23(21)35-3)15-7-9-17(10-8-15)36(4,34)27-2/h7-14,16H,5-6H2,1-4H3,(H,26,33)(H2,29,30,31,32)/i1D3. The maximum absolute atomic E-state index is 12.8. The highest BCUT2D eigenvalue weighted by Crippen LogP contribution is 2.38. The van der Waals surface area contributed by atoms with Crippen LogP contribution in [0.2, 0.25) is 0 Å². The molecule has 1 unspecified atom stereocenters. The molecule has 1 saturated carbocycles. The van der Waals surface area contributed by atoms with Crippen LogP contribution in [0.4, 0.5) is 17.2 Å². The Morgan fingerprint density at radius 1 is 1.17 bits per heavy atom. The molecule has 1 aliphatic rings. The van der Waals surface area contributed by atoms with Gasteiger partial charge in [-0.3, -0.25) is 14.6 Å². The van der Waals surface area contributed by atoms with Crippen molar-refractivity contribution < 1.29 is 22.6 Å². The van der Waals surface area contributed by atoms with Crippen LogP contribution in [0, 0.1) is 5.92 Å². The number of ether oxygens (including phenoxy) is 1. The van der Waals surface area contributed by atoms with E-state index in [2.05, 4.69) is 25.0 Å². The number of carbonyl (C=O) groups excluding carboxylic acids is 2. The lowest BCUT2D eigenvalue weighted by molar-refractivity contribution is -0.117. The topological polar surface area (TPSA) is 135 Å². The first-order chi connectivity index (χ1) is 18.4. The second kappa shape index (κ2) is 10.3. The Labute approximate surface area is 214 Å². The summed E-state index contributed by atoms with van der Waals surface area (Å²) < 4.78 is 44.4. The Bertz CT molecular complexity index is 1530. The molecule has 1 aromatic carbocycles. The van der Waals surface area contributed by atoms with Crippen LogP contribution in [0.5, 0.6) is 5.75 Å². The zero-order valence-electron chi connectivity index (χ0n) is 23.0. The molecule has 2 heterocycles. The molecule has 2 amide bonds. The zero-order valence-corrected chi connectivity index (χ0v) is 20.8. The van der Waals surface area contributed by atoms with Crippen LogP contribution < -0.4 is 20.7 Å². The predicted octanol–water partition coefficient (Wildman–Crippen LogP) is 3.69. The van der Waals surface area contributed by atoms with E-state index in [0.717, 1.165) is 18.4 Å². The molecule has 1 fully saturated rings. The third kappa shape index (κ3) is 5.30. The van der Waals surface area contributed by atoms with Gasteiger partial charge in [-0.2, -0.15) is 0 Å². The van der Waals surface area contributed by atoms with Gasteiger partial charge in [-0.05, 0) is 30.5 Å². The van der Waals surface area contributed by atoms with Gasteiger partial charge in [-0.15, -0.1) is 0 Å². The lowest BCUT2D eigenvalue weighted by Crippen LogP contribution is -2.20. The summed E-state index contributed by atoms with van der Waals surface area (Å²) >= 11 is 0. The van der Waals surface area contributed by atoms with Gasteiger partial charge in [0.25, 0.3) is 5.91 Å². The molecule has 1 aliphatic carbocycles. The van der Waals surface area contributed by atoms with Crippen LogP contribution in [0.25, 0.3) is 11.1 Å². The molecule has 11 heteroatoms. The minimum atomic E-state index is -2.72. The zero-order chi connectivity index (χ0) is 28.4. The van der Waals surface area contributed by atoms with Crippen LogP contribution in [0.1, 0.15) is 27.3 Å². The number of hydrogen-bond acceptors (Lipinski definition) is 8. The van der Waals surface area contributed by atoms with Crippen LogP contribution in [0.3, 0.4) is 0 Å². The number of anilines is 3. The van der Waals surface area contributed by atoms with Gasteiger partial charge in [0.05, 0.1) is 34.3 Å². The number of amides is 2. The van der Waals surface area contributed by atoms with E-state index in [1.165, 1.54) is 32.6 Å². The number of benzene rings is 1. The maximum atomic E-state index is 12.8. The smallest absolute Gasteiger partial charge is 0.254 e. The number of hydrogen-bond donors (Lipinski definition) is 3. The molecule has 0 spiro atoms. The molecule has 10 nitrogen and oxygen atoms in total. The van der Waals surface area contributed by atoms with Crippen molar-refractivity contribution in [3.8, 4) is 16.9 Å². The highest BCUT2D eigenvalue weighted by Gasteiger charge is 2.30. The van der Waals surface area contributed by atoms with Gasteiger partial charge in [-0.1, -0.05) is 12.1 Å². The molecule has 0 saturated heterocycles. The minimum absolute atomic E-state index is 0.0617. The molecule has 0 radical (unpaired) electrons. The van der Waals surface area contributed by atoms with Gasteiger partial charge < -0.3 is 20.7 Å². The molecular weight excluding hydrogens is 480 g/mol. The number of aromatic nitrogens is 2. The summed E-state index contributed by atoms with van der Waals surface area (Å²) in [5.74, 6) is -0.542. The summed E-state index contributed by atoms with van der Waals surface area (Å²) in [4.78, 5) is 34.1. The van der Waals surface area contributed by atoms with Gasteiger partial charge in [0.15, 0.2) is 5.75 Å². The number of rotatable bonds is 8. The summed E-state index contributed by atoms with van der Waals surface area (Å²) in [6.45, 7) is -2.72. The van der Waals surface area contributed by atoms with Crippen molar-refractivity contribution in [2.45, 2.75) is 17.7 Å². The first-order valence-corrected chi connectivity index (χ1v) is 13.0.